The van der Waals surface area contributed by atoms with E-state index < -0.39 is 11.0 Å². The Morgan fingerprint density at radius 2 is 1.72 bits per heavy atom. The fourth-order valence-electron chi connectivity index (χ4n) is 2.36. The molecule has 25 heavy (non-hydrogen) atoms. The van der Waals surface area contributed by atoms with Crippen LogP contribution in [-0.4, -0.2) is 37.4 Å². The Labute approximate surface area is 150 Å². The molecule has 0 bridgehead atoms. The summed E-state index contributed by atoms with van der Waals surface area (Å²) in [5, 5.41) is 4.59. The third-order valence-electron chi connectivity index (χ3n) is 3.64. The van der Waals surface area contributed by atoms with Gasteiger partial charge in [0.1, 0.15) is 11.0 Å². The molecule has 0 aliphatic rings. The minimum atomic E-state index is -1.17. The zero-order valence-electron chi connectivity index (χ0n) is 14.5. The Hall–Kier alpha value is -2.57. The lowest BCUT2D eigenvalue weighted by Gasteiger charge is -2.10. The summed E-state index contributed by atoms with van der Waals surface area (Å²) in [4.78, 5) is 5.37. The summed E-state index contributed by atoms with van der Waals surface area (Å²) >= 11 is 0. The summed E-state index contributed by atoms with van der Waals surface area (Å²) in [5.41, 5.74) is 2.64. The molecule has 1 heterocycles. The molecule has 0 fully saturated rings. The SMILES string of the molecule is C=C(C)c1nc(-c2ccccc2)n(-c2ccc(S(=O)N(C)C)cc2)n1. The predicted octanol–water partition coefficient (Wildman–Crippen LogP) is 3.55. The van der Waals surface area contributed by atoms with Crippen molar-refractivity contribution in [1.29, 1.82) is 0 Å². The van der Waals surface area contributed by atoms with Crippen LogP contribution in [0.15, 0.2) is 66.1 Å². The second-order valence-electron chi connectivity index (χ2n) is 5.87. The van der Waals surface area contributed by atoms with Gasteiger partial charge in [-0.3, -0.25) is 0 Å². The fraction of sp³-hybridized carbons (Fsp3) is 0.158. The van der Waals surface area contributed by atoms with Gasteiger partial charge in [-0.15, -0.1) is 5.10 Å². The molecular formula is C19H20N4OS. The smallest absolute Gasteiger partial charge is 0.177 e. The lowest BCUT2D eigenvalue weighted by molar-refractivity contribution is 0.603. The maximum absolute atomic E-state index is 12.2. The van der Waals surface area contributed by atoms with Crippen molar-refractivity contribution in [2.45, 2.75) is 11.8 Å². The first kappa shape index (κ1) is 17.3. The Balaban J connectivity index is 2.07. The number of benzene rings is 2. The molecule has 0 spiro atoms. The van der Waals surface area contributed by atoms with Gasteiger partial charge in [0.15, 0.2) is 11.6 Å². The quantitative estimate of drug-likeness (QED) is 0.705. The van der Waals surface area contributed by atoms with Crippen LogP contribution in [-0.2, 0) is 11.0 Å². The van der Waals surface area contributed by atoms with Crippen molar-refractivity contribution < 1.29 is 4.21 Å². The molecule has 0 N–H and O–H groups in total. The first-order valence-corrected chi connectivity index (χ1v) is 8.96. The van der Waals surface area contributed by atoms with E-state index in [1.165, 1.54) is 0 Å². The van der Waals surface area contributed by atoms with Crippen LogP contribution >= 0.6 is 0 Å². The zero-order valence-corrected chi connectivity index (χ0v) is 15.3. The normalized spacial score (nSPS) is 12.3. The minimum Gasteiger partial charge on any atom is -0.237 e. The van der Waals surface area contributed by atoms with E-state index in [4.69, 9.17) is 0 Å². The topological polar surface area (TPSA) is 51.0 Å². The number of nitrogens with zero attached hydrogens (tertiary/aromatic N) is 4. The molecular weight excluding hydrogens is 332 g/mol. The second-order valence-corrected chi connectivity index (χ2v) is 7.57. The van der Waals surface area contributed by atoms with Crippen molar-refractivity contribution in [3.8, 4) is 17.1 Å². The molecule has 0 saturated heterocycles. The van der Waals surface area contributed by atoms with Crippen LogP contribution in [0, 0.1) is 0 Å². The summed E-state index contributed by atoms with van der Waals surface area (Å²) in [7, 11) is 2.40. The number of hydrogen-bond donors (Lipinski definition) is 0. The van der Waals surface area contributed by atoms with Crippen molar-refractivity contribution in [3.63, 3.8) is 0 Å². The highest BCUT2D eigenvalue weighted by Gasteiger charge is 2.14. The van der Waals surface area contributed by atoms with Crippen LogP contribution in [0.3, 0.4) is 0 Å². The highest BCUT2D eigenvalue weighted by atomic mass is 32.2. The molecule has 0 aliphatic heterocycles. The largest absolute Gasteiger partial charge is 0.237 e. The Morgan fingerprint density at radius 1 is 1.08 bits per heavy atom. The molecule has 1 unspecified atom stereocenters. The van der Waals surface area contributed by atoms with E-state index in [2.05, 4.69) is 16.7 Å². The molecule has 5 nitrogen and oxygen atoms in total. The van der Waals surface area contributed by atoms with Gasteiger partial charge in [-0.1, -0.05) is 36.9 Å². The van der Waals surface area contributed by atoms with Gasteiger partial charge < -0.3 is 0 Å². The number of allylic oxidation sites excluding steroid dienone is 1. The standard InChI is InChI=1S/C19H20N4OS/c1-14(2)18-20-19(15-8-6-5-7-9-15)23(21-18)16-10-12-17(13-11-16)25(24)22(3)4/h5-13H,1H2,2-4H3. The molecule has 3 aromatic rings. The highest BCUT2D eigenvalue weighted by molar-refractivity contribution is 7.82. The third kappa shape index (κ3) is 3.60. The predicted molar refractivity (Wildman–Crippen MR) is 102 cm³/mol. The molecule has 0 aliphatic carbocycles. The van der Waals surface area contributed by atoms with Crippen molar-refractivity contribution in [3.05, 3.63) is 67.0 Å². The van der Waals surface area contributed by atoms with E-state index in [1.807, 2.05) is 61.5 Å². The van der Waals surface area contributed by atoms with Crippen LogP contribution < -0.4 is 0 Å². The first-order valence-electron chi connectivity index (χ1n) is 7.85. The second kappa shape index (κ2) is 7.13. The van der Waals surface area contributed by atoms with E-state index >= 15 is 0 Å². The average molecular weight is 352 g/mol. The van der Waals surface area contributed by atoms with E-state index in [9.17, 15) is 4.21 Å². The summed E-state index contributed by atoms with van der Waals surface area (Å²) in [6, 6.07) is 17.4. The monoisotopic (exact) mass is 352 g/mol. The average Bonchev–Trinajstić information content (AvgIpc) is 3.07. The zero-order chi connectivity index (χ0) is 18.0. The molecule has 0 saturated carbocycles. The maximum atomic E-state index is 12.2. The van der Waals surface area contributed by atoms with E-state index in [-0.39, 0.29) is 0 Å². The minimum absolute atomic E-state index is 0.611. The first-order chi connectivity index (χ1) is 12.0. The Bertz CT molecular complexity index is 914. The molecule has 2 aromatic carbocycles. The van der Waals surface area contributed by atoms with Crippen molar-refractivity contribution in [2.75, 3.05) is 14.1 Å². The van der Waals surface area contributed by atoms with Crippen molar-refractivity contribution in [1.82, 2.24) is 19.1 Å². The van der Waals surface area contributed by atoms with Crippen LogP contribution in [0.5, 0.6) is 0 Å². The summed E-state index contributed by atoms with van der Waals surface area (Å²) in [6.45, 7) is 5.83. The van der Waals surface area contributed by atoms with Gasteiger partial charge in [-0.2, -0.15) is 0 Å². The van der Waals surface area contributed by atoms with Gasteiger partial charge in [0, 0.05) is 5.56 Å². The van der Waals surface area contributed by atoms with Gasteiger partial charge in [0.05, 0.1) is 10.6 Å². The molecule has 3 rings (SSSR count). The van der Waals surface area contributed by atoms with Crippen molar-refractivity contribution in [2.24, 2.45) is 0 Å². The molecule has 0 radical (unpaired) electrons. The highest BCUT2D eigenvalue weighted by Crippen LogP contribution is 2.23. The molecule has 1 aromatic heterocycles. The van der Waals surface area contributed by atoms with Gasteiger partial charge in [-0.05, 0) is 50.9 Å². The lowest BCUT2D eigenvalue weighted by atomic mass is 10.2. The summed E-state index contributed by atoms with van der Waals surface area (Å²) in [5.74, 6) is 1.36. The summed E-state index contributed by atoms with van der Waals surface area (Å²) < 4.78 is 15.6. The fourth-order valence-corrected chi connectivity index (χ4v) is 3.15. The lowest BCUT2D eigenvalue weighted by Crippen LogP contribution is -2.15. The van der Waals surface area contributed by atoms with Gasteiger partial charge >= 0.3 is 0 Å². The van der Waals surface area contributed by atoms with E-state index in [0.29, 0.717) is 5.82 Å². The van der Waals surface area contributed by atoms with Gasteiger partial charge in [0.2, 0.25) is 0 Å². The van der Waals surface area contributed by atoms with Crippen LogP contribution in [0.4, 0.5) is 0 Å². The van der Waals surface area contributed by atoms with E-state index in [0.717, 1.165) is 27.5 Å². The molecule has 128 valence electrons. The van der Waals surface area contributed by atoms with Gasteiger partial charge in [0.25, 0.3) is 0 Å². The van der Waals surface area contributed by atoms with Crippen LogP contribution in [0.25, 0.3) is 22.6 Å². The number of hydrogen-bond acceptors (Lipinski definition) is 3. The molecule has 6 heteroatoms. The maximum Gasteiger partial charge on any atom is 0.177 e. The van der Waals surface area contributed by atoms with Crippen LogP contribution in [0.2, 0.25) is 0 Å². The Kier molecular flexibility index (Phi) is 4.92. The molecule has 0 amide bonds. The number of aromatic nitrogens is 3. The number of rotatable bonds is 5. The molecule has 1 atom stereocenters. The Morgan fingerprint density at radius 3 is 2.28 bits per heavy atom. The van der Waals surface area contributed by atoms with Crippen LogP contribution in [0.1, 0.15) is 12.7 Å². The summed E-state index contributed by atoms with van der Waals surface area (Å²) in [6.07, 6.45) is 0. The third-order valence-corrected chi connectivity index (χ3v) is 4.97. The van der Waals surface area contributed by atoms with Gasteiger partial charge in [-0.25, -0.2) is 18.2 Å². The van der Waals surface area contributed by atoms with Crippen molar-refractivity contribution >= 4 is 16.6 Å². The van der Waals surface area contributed by atoms with E-state index in [1.54, 1.807) is 23.1 Å².